The van der Waals surface area contributed by atoms with E-state index in [2.05, 4.69) is 5.32 Å². The zero-order valence-electron chi connectivity index (χ0n) is 14.4. The van der Waals surface area contributed by atoms with Crippen molar-refractivity contribution in [2.75, 3.05) is 32.6 Å². The molecule has 0 aliphatic heterocycles. The summed E-state index contributed by atoms with van der Waals surface area (Å²) in [5, 5.41) is 2.91. The fourth-order valence-corrected chi connectivity index (χ4v) is 2.42. The fourth-order valence-electron chi connectivity index (χ4n) is 2.42. The van der Waals surface area contributed by atoms with Crippen LogP contribution in [0.15, 0.2) is 48.5 Å². The summed E-state index contributed by atoms with van der Waals surface area (Å²) in [6, 6.07) is 14.5. The van der Waals surface area contributed by atoms with Crippen molar-refractivity contribution in [3.8, 4) is 0 Å². The molecule has 2 rings (SSSR count). The highest BCUT2D eigenvalue weighted by Gasteiger charge is 2.07. The predicted molar refractivity (Wildman–Crippen MR) is 95.3 cm³/mol. The largest absolute Gasteiger partial charge is 0.378 e. The molecule has 0 heterocycles. The minimum Gasteiger partial charge on any atom is -0.378 e. The van der Waals surface area contributed by atoms with Gasteiger partial charge in [-0.25, -0.2) is 4.39 Å². The third-order valence-electron chi connectivity index (χ3n) is 3.70. The van der Waals surface area contributed by atoms with Gasteiger partial charge < -0.3 is 10.2 Å². The number of hydrogen-bond donors (Lipinski definition) is 1. The average molecular weight is 329 g/mol. The molecule has 0 saturated carbocycles. The van der Waals surface area contributed by atoms with Gasteiger partial charge in [0.05, 0.1) is 6.54 Å². The molecule has 0 bridgehead atoms. The van der Waals surface area contributed by atoms with Gasteiger partial charge in [-0.2, -0.15) is 0 Å². The molecule has 0 aliphatic carbocycles. The van der Waals surface area contributed by atoms with Crippen LogP contribution in [0.1, 0.15) is 11.1 Å². The number of likely N-dealkylation sites (N-methyl/N-ethyl adjacent to an activating group) is 1. The Morgan fingerprint density at radius 3 is 2.38 bits per heavy atom. The molecule has 0 unspecified atom stereocenters. The van der Waals surface area contributed by atoms with Crippen molar-refractivity contribution in [1.82, 2.24) is 10.2 Å². The molecule has 0 saturated heterocycles. The Kier molecular flexibility index (Phi) is 6.32. The number of nitrogens with zero attached hydrogens (tertiary/aromatic N) is 2. The maximum absolute atomic E-state index is 13.2. The van der Waals surface area contributed by atoms with Crippen LogP contribution in [0.25, 0.3) is 0 Å². The molecule has 0 atom stereocenters. The van der Waals surface area contributed by atoms with Crippen LogP contribution in [0.5, 0.6) is 0 Å². The average Bonchev–Trinajstić information content (AvgIpc) is 2.53. The van der Waals surface area contributed by atoms with Crippen LogP contribution in [-0.2, 0) is 17.9 Å². The molecule has 128 valence electrons. The molecule has 1 amide bonds. The third kappa shape index (κ3) is 5.66. The number of halogens is 1. The summed E-state index contributed by atoms with van der Waals surface area (Å²) in [4.78, 5) is 15.9. The summed E-state index contributed by atoms with van der Waals surface area (Å²) in [5.41, 5.74) is 3.03. The van der Waals surface area contributed by atoms with Crippen LogP contribution in [0.4, 0.5) is 10.1 Å². The lowest BCUT2D eigenvalue weighted by atomic mass is 10.2. The molecule has 0 fully saturated rings. The van der Waals surface area contributed by atoms with Crippen LogP contribution < -0.4 is 10.2 Å². The van der Waals surface area contributed by atoms with Gasteiger partial charge in [0.25, 0.3) is 0 Å². The van der Waals surface area contributed by atoms with Gasteiger partial charge in [0.1, 0.15) is 5.82 Å². The van der Waals surface area contributed by atoms with Gasteiger partial charge in [0.15, 0.2) is 0 Å². The molecule has 0 aromatic heterocycles. The van der Waals surface area contributed by atoms with E-state index in [1.54, 1.807) is 6.07 Å². The highest BCUT2D eigenvalue weighted by molar-refractivity contribution is 5.78. The number of nitrogens with one attached hydrogen (secondary N) is 1. The second-order valence-electron chi connectivity index (χ2n) is 6.14. The van der Waals surface area contributed by atoms with Gasteiger partial charge in [-0.05, 0) is 42.4 Å². The maximum atomic E-state index is 13.2. The molecule has 24 heavy (non-hydrogen) atoms. The summed E-state index contributed by atoms with van der Waals surface area (Å²) in [5.74, 6) is -0.308. The summed E-state index contributed by atoms with van der Waals surface area (Å²) < 4.78 is 13.2. The number of rotatable bonds is 7. The molecule has 2 aromatic carbocycles. The van der Waals surface area contributed by atoms with Gasteiger partial charge in [-0.1, -0.05) is 24.3 Å². The first-order valence-corrected chi connectivity index (χ1v) is 7.90. The Labute approximate surface area is 142 Å². The Hall–Kier alpha value is -2.40. The minimum absolute atomic E-state index is 0.0504. The molecular weight excluding hydrogens is 305 g/mol. The van der Waals surface area contributed by atoms with Crippen molar-refractivity contribution in [3.05, 3.63) is 65.5 Å². The molecule has 0 radical (unpaired) electrons. The summed E-state index contributed by atoms with van der Waals surface area (Å²) in [6.45, 7) is 1.30. The summed E-state index contributed by atoms with van der Waals surface area (Å²) >= 11 is 0. The second-order valence-corrected chi connectivity index (χ2v) is 6.14. The normalized spacial score (nSPS) is 10.7. The summed E-state index contributed by atoms with van der Waals surface area (Å²) in [6.07, 6.45) is 0. The van der Waals surface area contributed by atoms with Gasteiger partial charge in [-0.15, -0.1) is 0 Å². The van der Waals surface area contributed by atoms with Crippen LogP contribution in [0.3, 0.4) is 0 Å². The first-order chi connectivity index (χ1) is 11.4. The van der Waals surface area contributed by atoms with E-state index in [-0.39, 0.29) is 18.3 Å². The topological polar surface area (TPSA) is 35.6 Å². The first kappa shape index (κ1) is 17.9. The van der Waals surface area contributed by atoms with Crippen LogP contribution >= 0.6 is 0 Å². The van der Waals surface area contributed by atoms with Gasteiger partial charge >= 0.3 is 0 Å². The van der Waals surface area contributed by atoms with Gasteiger partial charge in [0.2, 0.25) is 5.91 Å². The fraction of sp³-hybridized carbons (Fsp3) is 0.316. The number of hydrogen-bond acceptors (Lipinski definition) is 3. The smallest absolute Gasteiger partial charge is 0.234 e. The monoisotopic (exact) mass is 329 g/mol. The number of carbonyl (C=O) groups excluding carboxylic acids is 1. The van der Waals surface area contributed by atoms with E-state index in [1.807, 2.05) is 61.3 Å². The predicted octanol–water partition coefficient (Wildman–Crippen LogP) is 2.64. The highest BCUT2D eigenvalue weighted by atomic mass is 19.1. The first-order valence-electron chi connectivity index (χ1n) is 7.90. The van der Waals surface area contributed by atoms with E-state index in [1.165, 1.54) is 12.1 Å². The second kappa shape index (κ2) is 8.45. The van der Waals surface area contributed by atoms with Gasteiger partial charge in [-0.3, -0.25) is 9.69 Å². The lowest BCUT2D eigenvalue weighted by Crippen LogP contribution is -2.34. The van der Waals surface area contributed by atoms with Crippen molar-refractivity contribution < 1.29 is 9.18 Å². The zero-order chi connectivity index (χ0) is 17.5. The molecule has 5 heteroatoms. The molecule has 1 N–H and O–H groups in total. The third-order valence-corrected chi connectivity index (χ3v) is 3.70. The Balaban J connectivity index is 1.78. The molecule has 0 spiro atoms. The van der Waals surface area contributed by atoms with Crippen LogP contribution in [-0.4, -0.2) is 38.5 Å². The number of anilines is 1. The van der Waals surface area contributed by atoms with Gasteiger partial charge in [0, 0.05) is 32.9 Å². The van der Waals surface area contributed by atoms with E-state index in [4.69, 9.17) is 0 Å². The van der Waals surface area contributed by atoms with E-state index >= 15 is 0 Å². The lowest BCUT2D eigenvalue weighted by Gasteiger charge is -2.17. The maximum Gasteiger partial charge on any atom is 0.234 e. The van der Waals surface area contributed by atoms with Crippen molar-refractivity contribution in [3.63, 3.8) is 0 Å². The van der Waals surface area contributed by atoms with E-state index < -0.39 is 0 Å². The highest BCUT2D eigenvalue weighted by Crippen LogP contribution is 2.12. The number of carbonyl (C=O) groups is 1. The molecule has 2 aromatic rings. The van der Waals surface area contributed by atoms with Crippen molar-refractivity contribution in [1.29, 1.82) is 0 Å². The SMILES string of the molecule is CN(CC(=O)NCc1ccc(N(C)C)cc1)Cc1cccc(F)c1. The Morgan fingerprint density at radius 1 is 1.04 bits per heavy atom. The summed E-state index contributed by atoms with van der Waals surface area (Å²) in [7, 11) is 5.83. The van der Waals surface area contributed by atoms with E-state index in [0.717, 1.165) is 16.8 Å². The quantitative estimate of drug-likeness (QED) is 0.848. The lowest BCUT2D eigenvalue weighted by molar-refractivity contribution is -0.122. The Bertz CT molecular complexity index is 671. The zero-order valence-corrected chi connectivity index (χ0v) is 14.4. The number of amides is 1. The molecular formula is C19H24FN3O. The van der Waals surface area contributed by atoms with Crippen molar-refractivity contribution >= 4 is 11.6 Å². The van der Waals surface area contributed by atoms with Crippen molar-refractivity contribution in [2.45, 2.75) is 13.1 Å². The molecule has 4 nitrogen and oxygen atoms in total. The van der Waals surface area contributed by atoms with Crippen LogP contribution in [0, 0.1) is 5.82 Å². The van der Waals surface area contributed by atoms with Crippen molar-refractivity contribution in [2.24, 2.45) is 0 Å². The van der Waals surface area contributed by atoms with E-state index in [9.17, 15) is 9.18 Å². The molecule has 0 aliphatic rings. The van der Waals surface area contributed by atoms with Crippen LogP contribution in [0.2, 0.25) is 0 Å². The Morgan fingerprint density at radius 2 is 1.75 bits per heavy atom. The standard InChI is InChI=1S/C19H24FN3O/c1-22(2)18-9-7-15(8-10-18)12-21-19(24)14-23(3)13-16-5-4-6-17(20)11-16/h4-11H,12-14H2,1-3H3,(H,21,24). The number of benzene rings is 2. The minimum atomic E-state index is -0.258. The van der Waals surface area contributed by atoms with E-state index in [0.29, 0.717) is 13.1 Å².